The van der Waals surface area contributed by atoms with Crippen LogP contribution in [0.1, 0.15) is 12.8 Å². The molecule has 3 heterocycles. The topological polar surface area (TPSA) is 88.3 Å². The maximum Gasteiger partial charge on any atom is 0.251 e. The van der Waals surface area contributed by atoms with Gasteiger partial charge in [-0.1, -0.05) is 0 Å². The van der Waals surface area contributed by atoms with Crippen LogP contribution in [0.2, 0.25) is 0 Å². The Balaban J connectivity index is 1.40. The minimum absolute atomic E-state index is 0.0198. The molecule has 3 saturated heterocycles. The van der Waals surface area contributed by atoms with Crippen molar-refractivity contribution in [2.45, 2.75) is 25.0 Å². The van der Waals surface area contributed by atoms with Crippen LogP contribution in [0.3, 0.4) is 0 Å². The average molecular weight is 340 g/mol. The van der Waals surface area contributed by atoms with E-state index in [2.05, 4.69) is 4.90 Å². The van der Waals surface area contributed by atoms with Gasteiger partial charge in [-0.3, -0.25) is 14.5 Å². The van der Waals surface area contributed by atoms with E-state index in [1.54, 1.807) is 0 Å². The predicted molar refractivity (Wildman–Crippen MR) is 87.4 cm³/mol. The predicted octanol–water partition coefficient (Wildman–Crippen LogP) is -1.50. The summed E-state index contributed by atoms with van der Waals surface area (Å²) in [6, 6.07) is 0. The number of nitrogens with zero attached hydrogens (tertiary/aromatic N) is 3. The van der Waals surface area contributed by atoms with Crippen LogP contribution in [0, 0.1) is 0 Å². The molecule has 8 heteroatoms. The van der Waals surface area contributed by atoms with Gasteiger partial charge in [-0.15, -0.1) is 0 Å². The molecule has 0 aliphatic carbocycles. The molecule has 24 heavy (non-hydrogen) atoms. The summed E-state index contributed by atoms with van der Waals surface area (Å²) in [6.45, 7) is 6.28. The van der Waals surface area contributed by atoms with Gasteiger partial charge in [0.1, 0.15) is 6.10 Å². The van der Waals surface area contributed by atoms with Crippen molar-refractivity contribution in [2.75, 3.05) is 65.6 Å². The Kier molecular flexibility index (Phi) is 6.04. The normalized spacial score (nSPS) is 29.0. The van der Waals surface area contributed by atoms with Crippen LogP contribution in [-0.2, 0) is 19.1 Å². The van der Waals surface area contributed by atoms with E-state index in [-0.39, 0.29) is 24.0 Å². The fourth-order valence-corrected chi connectivity index (χ4v) is 3.49. The molecule has 0 saturated carbocycles. The van der Waals surface area contributed by atoms with Gasteiger partial charge < -0.3 is 25.0 Å². The van der Waals surface area contributed by atoms with Crippen molar-refractivity contribution >= 4 is 11.8 Å². The molecule has 0 spiro atoms. The van der Waals surface area contributed by atoms with E-state index >= 15 is 0 Å². The highest BCUT2D eigenvalue weighted by atomic mass is 16.5. The summed E-state index contributed by atoms with van der Waals surface area (Å²) in [7, 11) is 0. The van der Waals surface area contributed by atoms with Crippen LogP contribution < -0.4 is 5.73 Å². The lowest BCUT2D eigenvalue weighted by molar-refractivity contribution is -0.145. The van der Waals surface area contributed by atoms with Crippen molar-refractivity contribution < 1.29 is 19.1 Å². The number of carbonyl (C=O) groups is 2. The number of morpholine rings is 1. The van der Waals surface area contributed by atoms with Crippen molar-refractivity contribution in [3.63, 3.8) is 0 Å². The highest BCUT2D eigenvalue weighted by Gasteiger charge is 2.34. The van der Waals surface area contributed by atoms with Gasteiger partial charge in [0.05, 0.1) is 25.9 Å². The second-order valence-corrected chi connectivity index (χ2v) is 6.65. The Morgan fingerprint density at radius 1 is 0.958 bits per heavy atom. The quantitative estimate of drug-likeness (QED) is 0.670. The van der Waals surface area contributed by atoms with Crippen LogP contribution >= 0.6 is 0 Å². The van der Waals surface area contributed by atoms with E-state index in [9.17, 15) is 9.59 Å². The number of nitrogens with two attached hydrogens (primary N) is 1. The highest BCUT2D eigenvalue weighted by Crippen LogP contribution is 2.21. The molecule has 2 atom stereocenters. The first kappa shape index (κ1) is 17.6. The van der Waals surface area contributed by atoms with Gasteiger partial charge in [0.2, 0.25) is 5.91 Å². The van der Waals surface area contributed by atoms with Crippen molar-refractivity contribution in [1.29, 1.82) is 0 Å². The van der Waals surface area contributed by atoms with Crippen LogP contribution in [0.5, 0.6) is 0 Å². The lowest BCUT2D eigenvalue weighted by Crippen LogP contribution is -2.54. The number of hydrogen-bond donors (Lipinski definition) is 1. The Morgan fingerprint density at radius 2 is 1.67 bits per heavy atom. The van der Waals surface area contributed by atoms with Crippen LogP contribution in [0.4, 0.5) is 0 Å². The van der Waals surface area contributed by atoms with E-state index in [0.717, 1.165) is 25.9 Å². The Labute approximate surface area is 142 Å². The molecule has 0 aromatic heterocycles. The summed E-state index contributed by atoms with van der Waals surface area (Å²) in [4.78, 5) is 30.6. The first-order chi connectivity index (χ1) is 11.7. The van der Waals surface area contributed by atoms with E-state index in [1.165, 1.54) is 0 Å². The SMILES string of the molecule is NC[C@H]1CC[C@@H](C(=O)N2CCN(CC(=O)N3CCOCC3)CC2)O1. The van der Waals surface area contributed by atoms with Gasteiger partial charge in [0, 0.05) is 45.8 Å². The minimum Gasteiger partial charge on any atom is -0.378 e. The number of carbonyl (C=O) groups excluding carboxylic acids is 2. The Hall–Kier alpha value is -1.22. The lowest BCUT2D eigenvalue weighted by Gasteiger charge is -2.36. The summed E-state index contributed by atoms with van der Waals surface area (Å²) in [6.07, 6.45) is 1.31. The molecule has 136 valence electrons. The molecule has 8 nitrogen and oxygen atoms in total. The standard InChI is InChI=1S/C16H28N4O4/c17-11-13-1-2-14(24-13)16(22)20-5-3-18(4-6-20)12-15(21)19-7-9-23-10-8-19/h13-14H,1-12,17H2/t13-,14+/m1/s1. The zero-order valence-corrected chi connectivity index (χ0v) is 14.2. The smallest absolute Gasteiger partial charge is 0.251 e. The van der Waals surface area contributed by atoms with Crippen LogP contribution in [0.25, 0.3) is 0 Å². The van der Waals surface area contributed by atoms with Crippen molar-refractivity contribution in [1.82, 2.24) is 14.7 Å². The first-order valence-corrected chi connectivity index (χ1v) is 8.89. The zero-order valence-electron chi connectivity index (χ0n) is 14.2. The molecule has 0 unspecified atom stereocenters. The molecular weight excluding hydrogens is 312 g/mol. The summed E-state index contributed by atoms with van der Waals surface area (Å²) in [5.74, 6) is 0.230. The number of piperazine rings is 1. The largest absolute Gasteiger partial charge is 0.378 e. The van der Waals surface area contributed by atoms with E-state index in [1.807, 2.05) is 9.80 Å². The molecule has 0 radical (unpaired) electrons. The van der Waals surface area contributed by atoms with E-state index < -0.39 is 0 Å². The first-order valence-electron chi connectivity index (χ1n) is 8.89. The van der Waals surface area contributed by atoms with E-state index in [4.69, 9.17) is 15.2 Å². The molecule has 2 amide bonds. The highest BCUT2D eigenvalue weighted by molar-refractivity contribution is 5.81. The molecule has 0 bridgehead atoms. The zero-order chi connectivity index (χ0) is 16.9. The number of ether oxygens (including phenoxy) is 2. The maximum absolute atomic E-state index is 12.5. The second kappa shape index (κ2) is 8.24. The van der Waals surface area contributed by atoms with Crippen LogP contribution in [0.15, 0.2) is 0 Å². The third-order valence-corrected chi connectivity index (χ3v) is 5.05. The monoisotopic (exact) mass is 340 g/mol. The van der Waals surface area contributed by atoms with Gasteiger partial charge in [0.15, 0.2) is 0 Å². The minimum atomic E-state index is -0.333. The van der Waals surface area contributed by atoms with Crippen molar-refractivity contribution in [2.24, 2.45) is 5.73 Å². The third kappa shape index (κ3) is 4.24. The molecule has 2 N–H and O–H groups in total. The van der Waals surface area contributed by atoms with Crippen molar-refractivity contribution in [3.8, 4) is 0 Å². The van der Waals surface area contributed by atoms with Crippen LogP contribution in [-0.4, -0.2) is 104 Å². The Bertz CT molecular complexity index is 447. The van der Waals surface area contributed by atoms with E-state index in [0.29, 0.717) is 52.5 Å². The summed E-state index contributed by atoms with van der Waals surface area (Å²) in [5, 5.41) is 0. The molecule has 3 rings (SSSR count). The summed E-state index contributed by atoms with van der Waals surface area (Å²) in [5.41, 5.74) is 5.60. The molecular formula is C16H28N4O4. The third-order valence-electron chi connectivity index (χ3n) is 5.05. The molecule has 3 aliphatic heterocycles. The second-order valence-electron chi connectivity index (χ2n) is 6.65. The maximum atomic E-state index is 12.5. The van der Waals surface area contributed by atoms with Gasteiger partial charge >= 0.3 is 0 Å². The van der Waals surface area contributed by atoms with Gasteiger partial charge in [-0.25, -0.2) is 0 Å². The fourth-order valence-electron chi connectivity index (χ4n) is 3.49. The summed E-state index contributed by atoms with van der Waals surface area (Å²) >= 11 is 0. The summed E-state index contributed by atoms with van der Waals surface area (Å²) < 4.78 is 11.0. The number of amides is 2. The molecule has 3 aliphatic rings. The van der Waals surface area contributed by atoms with Gasteiger partial charge in [-0.2, -0.15) is 0 Å². The number of rotatable bonds is 4. The molecule has 0 aromatic rings. The Morgan fingerprint density at radius 3 is 2.29 bits per heavy atom. The lowest BCUT2D eigenvalue weighted by atomic mass is 10.1. The average Bonchev–Trinajstić information content (AvgIpc) is 3.11. The van der Waals surface area contributed by atoms with Gasteiger partial charge in [0.25, 0.3) is 5.91 Å². The number of hydrogen-bond acceptors (Lipinski definition) is 6. The van der Waals surface area contributed by atoms with Gasteiger partial charge in [-0.05, 0) is 12.8 Å². The molecule has 3 fully saturated rings. The van der Waals surface area contributed by atoms with Crippen molar-refractivity contribution in [3.05, 3.63) is 0 Å². The molecule has 0 aromatic carbocycles. The fraction of sp³-hybridized carbons (Fsp3) is 0.875.